The first-order valence-corrected chi connectivity index (χ1v) is 8.96. The molecule has 6 heteroatoms. The quantitative estimate of drug-likeness (QED) is 0.625. The van der Waals surface area contributed by atoms with Crippen molar-refractivity contribution < 1.29 is 14.3 Å². The smallest absolute Gasteiger partial charge is 0.340 e. The van der Waals surface area contributed by atoms with Gasteiger partial charge in [0.2, 0.25) is 0 Å². The van der Waals surface area contributed by atoms with E-state index >= 15 is 0 Å². The summed E-state index contributed by atoms with van der Waals surface area (Å²) < 4.78 is 5.46. The van der Waals surface area contributed by atoms with Gasteiger partial charge in [-0.05, 0) is 37.3 Å². The molecule has 132 valence electrons. The fourth-order valence-electron chi connectivity index (χ4n) is 2.87. The minimum Gasteiger partial charge on any atom is -0.449 e. The Kier molecular flexibility index (Phi) is 7.03. The van der Waals surface area contributed by atoms with Crippen molar-refractivity contribution in [2.45, 2.75) is 64.5 Å². The van der Waals surface area contributed by atoms with Crippen molar-refractivity contribution in [1.82, 2.24) is 10.3 Å². The number of carbonyl (C=O) groups is 2. The van der Waals surface area contributed by atoms with E-state index in [1.165, 1.54) is 18.7 Å². The molecule has 1 amide bonds. The van der Waals surface area contributed by atoms with Gasteiger partial charge in [0.1, 0.15) is 5.15 Å². The molecular formula is C18H25ClN2O3. The lowest BCUT2D eigenvalue weighted by Crippen LogP contribution is -2.44. The van der Waals surface area contributed by atoms with Crippen LogP contribution < -0.4 is 5.32 Å². The highest BCUT2D eigenvalue weighted by atomic mass is 35.5. The van der Waals surface area contributed by atoms with Crippen LogP contribution in [0.5, 0.6) is 0 Å². The maximum absolute atomic E-state index is 12.5. The van der Waals surface area contributed by atoms with E-state index in [0.29, 0.717) is 17.1 Å². The number of nitrogens with one attached hydrogen (secondary N) is 1. The van der Waals surface area contributed by atoms with Gasteiger partial charge in [0.05, 0.1) is 5.56 Å². The zero-order valence-corrected chi connectivity index (χ0v) is 15.0. The second kappa shape index (κ2) is 9.02. The van der Waals surface area contributed by atoms with Gasteiger partial charge in [0, 0.05) is 12.2 Å². The Bertz CT molecular complexity index is 554. The van der Waals surface area contributed by atoms with Crippen LogP contribution in [0, 0.1) is 5.92 Å². The minimum atomic E-state index is -0.782. The zero-order valence-electron chi connectivity index (χ0n) is 14.3. The zero-order chi connectivity index (χ0) is 17.5. The van der Waals surface area contributed by atoms with Crippen molar-refractivity contribution in [1.29, 1.82) is 0 Å². The van der Waals surface area contributed by atoms with E-state index in [9.17, 15) is 9.59 Å². The Morgan fingerprint density at radius 1 is 1.29 bits per heavy atom. The Balaban J connectivity index is 1.99. The molecule has 24 heavy (non-hydrogen) atoms. The van der Waals surface area contributed by atoms with E-state index in [2.05, 4.69) is 10.3 Å². The number of hydrogen-bond donors (Lipinski definition) is 1. The average Bonchev–Trinajstić information content (AvgIpc) is 2.55. The first kappa shape index (κ1) is 18.7. The normalized spacial score (nSPS) is 16.7. The van der Waals surface area contributed by atoms with Crippen LogP contribution in [-0.2, 0) is 9.53 Å². The van der Waals surface area contributed by atoms with E-state index in [1.54, 1.807) is 6.07 Å². The number of halogens is 1. The summed E-state index contributed by atoms with van der Waals surface area (Å²) in [6.07, 6.45) is 6.55. The lowest BCUT2D eigenvalue weighted by atomic mass is 9.95. The predicted molar refractivity (Wildman–Crippen MR) is 92.9 cm³/mol. The number of nitrogens with zero attached hydrogens (tertiary/aromatic N) is 1. The van der Waals surface area contributed by atoms with Crippen LogP contribution in [0.15, 0.2) is 18.3 Å². The standard InChI is InChI=1S/C18H25ClN2O3/c1-12(2)10-15(17(22)21-14-6-4-3-5-7-14)24-18(23)13-8-9-16(19)20-11-13/h8-9,11-12,14-15H,3-7,10H2,1-2H3,(H,21,22)/t15-/m1/s1. The Labute approximate surface area is 148 Å². The monoisotopic (exact) mass is 352 g/mol. The molecule has 0 bridgehead atoms. The number of amides is 1. The van der Waals surface area contributed by atoms with Crippen LogP contribution in [0.1, 0.15) is 62.7 Å². The molecule has 0 saturated heterocycles. The van der Waals surface area contributed by atoms with E-state index in [4.69, 9.17) is 16.3 Å². The Hall–Kier alpha value is -1.62. The second-order valence-corrected chi connectivity index (χ2v) is 7.12. The van der Waals surface area contributed by atoms with Gasteiger partial charge in [0.15, 0.2) is 6.10 Å². The largest absolute Gasteiger partial charge is 0.449 e. The fraction of sp³-hybridized carbons (Fsp3) is 0.611. The lowest BCUT2D eigenvalue weighted by Gasteiger charge is -2.26. The summed E-state index contributed by atoms with van der Waals surface area (Å²) in [6.45, 7) is 4.00. The number of carbonyl (C=O) groups excluding carboxylic acids is 2. The third-order valence-corrected chi connectivity index (χ3v) is 4.37. The van der Waals surface area contributed by atoms with Gasteiger partial charge in [-0.1, -0.05) is 44.7 Å². The SMILES string of the molecule is CC(C)C[C@@H](OC(=O)c1ccc(Cl)nc1)C(=O)NC1CCCCC1. The summed E-state index contributed by atoms with van der Waals surface area (Å²) in [4.78, 5) is 28.7. The summed E-state index contributed by atoms with van der Waals surface area (Å²) in [5.74, 6) is -0.516. The van der Waals surface area contributed by atoms with Gasteiger partial charge in [-0.15, -0.1) is 0 Å². The van der Waals surface area contributed by atoms with E-state index < -0.39 is 12.1 Å². The Morgan fingerprint density at radius 2 is 2.00 bits per heavy atom. The predicted octanol–water partition coefficient (Wildman–Crippen LogP) is 3.76. The molecule has 0 radical (unpaired) electrons. The van der Waals surface area contributed by atoms with Crippen LogP contribution in [0.25, 0.3) is 0 Å². The van der Waals surface area contributed by atoms with Gasteiger partial charge >= 0.3 is 5.97 Å². The molecule has 1 aromatic rings. The molecule has 1 saturated carbocycles. The summed E-state index contributed by atoms with van der Waals surface area (Å²) in [5.41, 5.74) is 0.290. The molecule has 0 unspecified atom stereocenters. The number of ether oxygens (including phenoxy) is 1. The van der Waals surface area contributed by atoms with Crippen molar-refractivity contribution >= 4 is 23.5 Å². The number of hydrogen-bond acceptors (Lipinski definition) is 4. The summed E-state index contributed by atoms with van der Waals surface area (Å²) >= 11 is 5.72. The number of rotatable bonds is 6. The number of aromatic nitrogens is 1. The minimum absolute atomic E-state index is 0.191. The van der Waals surface area contributed by atoms with Crippen LogP contribution in [0.4, 0.5) is 0 Å². The summed E-state index contributed by atoms with van der Waals surface area (Å²) in [5, 5.41) is 3.34. The molecule has 0 aliphatic heterocycles. The average molecular weight is 353 g/mol. The lowest BCUT2D eigenvalue weighted by molar-refractivity contribution is -0.131. The van der Waals surface area contributed by atoms with Gasteiger partial charge in [-0.2, -0.15) is 0 Å². The molecule has 1 fully saturated rings. The molecule has 0 aromatic carbocycles. The van der Waals surface area contributed by atoms with Gasteiger partial charge in [-0.3, -0.25) is 4.79 Å². The molecule has 5 nitrogen and oxygen atoms in total. The van der Waals surface area contributed by atoms with Crippen LogP contribution in [0.3, 0.4) is 0 Å². The fourth-order valence-corrected chi connectivity index (χ4v) is 2.98. The van der Waals surface area contributed by atoms with Gasteiger partial charge in [-0.25, -0.2) is 9.78 Å². The summed E-state index contributed by atoms with van der Waals surface area (Å²) in [7, 11) is 0. The van der Waals surface area contributed by atoms with Gasteiger partial charge in [0.25, 0.3) is 5.91 Å². The highest BCUT2D eigenvalue weighted by Crippen LogP contribution is 2.19. The third-order valence-electron chi connectivity index (χ3n) is 4.14. The van der Waals surface area contributed by atoms with E-state index in [1.807, 2.05) is 13.8 Å². The molecule has 1 aliphatic rings. The van der Waals surface area contributed by atoms with E-state index in [-0.39, 0.29) is 17.9 Å². The highest BCUT2D eigenvalue weighted by Gasteiger charge is 2.27. The molecule has 1 N–H and O–H groups in total. The van der Waals surface area contributed by atoms with E-state index in [0.717, 1.165) is 25.7 Å². The first-order chi connectivity index (χ1) is 11.5. The highest BCUT2D eigenvalue weighted by molar-refractivity contribution is 6.29. The molecule has 1 aromatic heterocycles. The van der Waals surface area contributed by atoms with Crippen LogP contribution >= 0.6 is 11.6 Å². The first-order valence-electron chi connectivity index (χ1n) is 8.58. The maximum Gasteiger partial charge on any atom is 0.340 e. The Morgan fingerprint density at radius 3 is 2.58 bits per heavy atom. The number of esters is 1. The molecule has 2 rings (SSSR count). The van der Waals surface area contributed by atoms with Crippen molar-refractivity contribution in [2.75, 3.05) is 0 Å². The molecular weight excluding hydrogens is 328 g/mol. The van der Waals surface area contributed by atoms with Crippen molar-refractivity contribution in [3.63, 3.8) is 0 Å². The third kappa shape index (κ3) is 5.78. The van der Waals surface area contributed by atoms with Crippen LogP contribution in [0.2, 0.25) is 5.15 Å². The number of pyridine rings is 1. The van der Waals surface area contributed by atoms with Crippen LogP contribution in [-0.4, -0.2) is 29.0 Å². The van der Waals surface area contributed by atoms with Crippen molar-refractivity contribution in [3.05, 3.63) is 29.0 Å². The molecule has 1 aliphatic carbocycles. The maximum atomic E-state index is 12.5. The van der Waals surface area contributed by atoms with Gasteiger partial charge < -0.3 is 10.1 Å². The van der Waals surface area contributed by atoms with Crippen molar-refractivity contribution in [2.24, 2.45) is 5.92 Å². The molecule has 1 heterocycles. The molecule has 1 atom stereocenters. The second-order valence-electron chi connectivity index (χ2n) is 6.74. The van der Waals surface area contributed by atoms with Crippen molar-refractivity contribution in [3.8, 4) is 0 Å². The topological polar surface area (TPSA) is 68.3 Å². The summed E-state index contributed by atoms with van der Waals surface area (Å²) in [6, 6.07) is 3.26. The molecule has 0 spiro atoms.